The minimum Gasteiger partial charge on any atom is -0.493 e. The molecule has 6 aromatic rings. The number of aromatic carboxylic acids is 1. The summed E-state index contributed by atoms with van der Waals surface area (Å²) >= 11 is 0. The summed E-state index contributed by atoms with van der Waals surface area (Å²) in [7, 11) is 1.92. The van der Waals surface area contributed by atoms with Gasteiger partial charge in [-0.25, -0.2) is 4.79 Å². The number of ether oxygens (including phenoxy) is 1. The zero-order valence-electron chi connectivity index (χ0n) is 24.3. The van der Waals surface area contributed by atoms with Crippen molar-refractivity contribution in [3.8, 4) is 16.9 Å². The van der Waals surface area contributed by atoms with Crippen LogP contribution in [0.5, 0.6) is 5.75 Å². The Labute approximate surface area is 248 Å². The number of para-hydroxylation sites is 1. The van der Waals surface area contributed by atoms with Crippen LogP contribution in [-0.4, -0.2) is 38.4 Å². The number of aromatic nitrogens is 3. The third-order valence-corrected chi connectivity index (χ3v) is 7.89. The fourth-order valence-corrected chi connectivity index (χ4v) is 5.77. The highest BCUT2D eigenvalue weighted by atomic mass is 16.5. The molecule has 0 fully saturated rings. The van der Waals surface area contributed by atoms with E-state index in [1.54, 1.807) is 12.1 Å². The zero-order valence-corrected chi connectivity index (χ0v) is 24.3. The Bertz CT molecular complexity index is 2000. The number of hydrogen-bond acceptors (Lipinski definition) is 4. The molecule has 0 unspecified atom stereocenters. The fourth-order valence-electron chi connectivity index (χ4n) is 5.77. The first-order valence-corrected chi connectivity index (χ1v) is 14.2. The van der Waals surface area contributed by atoms with Gasteiger partial charge in [0.25, 0.3) is 5.91 Å². The Hall–Kier alpha value is -5.37. The minimum absolute atomic E-state index is 0.102. The predicted molar refractivity (Wildman–Crippen MR) is 169 cm³/mol. The first-order valence-electron chi connectivity index (χ1n) is 14.2. The van der Waals surface area contributed by atoms with Crippen molar-refractivity contribution in [3.63, 3.8) is 0 Å². The molecule has 8 heteroatoms. The van der Waals surface area contributed by atoms with E-state index in [2.05, 4.69) is 33.6 Å². The van der Waals surface area contributed by atoms with Gasteiger partial charge in [0.15, 0.2) is 0 Å². The van der Waals surface area contributed by atoms with Crippen molar-refractivity contribution in [2.75, 3.05) is 11.9 Å². The Morgan fingerprint density at radius 1 is 0.953 bits per heavy atom. The van der Waals surface area contributed by atoms with E-state index >= 15 is 0 Å². The zero-order chi connectivity index (χ0) is 30.1. The van der Waals surface area contributed by atoms with E-state index in [1.807, 2.05) is 68.0 Å². The number of aryl methyl sites for hydroxylation is 3. The number of carboxylic acid groups (broad SMARTS) is 1. The summed E-state index contributed by atoms with van der Waals surface area (Å²) in [6, 6.07) is 26.5. The van der Waals surface area contributed by atoms with Crippen molar-refractivity contribution >= 4 is 39.2 Å². The summed E-state index contributed by atoms with van der Waals surface area (Å²) in [5.74, 6) is -0.562. The van der Waals surface area contributed by atoms with Crippen molar-refractivity contribution < 1.29 is 19.4 Å². The van der Waals surface area contributed by atoms with Crippen LogP contribution in [-0.2, 0) is 13.5 Å². The Morgan fingerprint density at radius 2 is 1.70 bits per heavy atom. The second-order valence-corrected chi connectivity index (χ2v) is 10.6. The van der Waals surface area contributed by atoms with Gasteiger partial charge in [0.1, 0.15) is 11.4 Å². The van der Waals surface area contributed by atoms with Crippen LogP contribution in [0.4, 0.5) is 5.69 Å². The number of aromatic amines is 1. The lowest BCUT2D eigenvalue weighted by atomic mass is 9.98. The fraction of sp³-hybridized carbons (Fsp3) is 0.171. The summed E-state index contributed by atoms with van der Waals surface area (Å²) < 4.78 is 8.07. The van der Waals surface area contributed by atoms with Gasteiger partial charge in [-0.3, -0.25) is 9.48 Å². The highest BCUT2D eigenvalue weighted by molar-refractivity contribution is 6.10. The van der Waals surface area contributed by atoms with Crippen molar-refractivity contribution in [2.45, 2.75) is 26.7 Å². The highest BCUT2D eigenvalue weighted by Crippen LogP contribution is 2.36. The van der Waals surface area contributed by atoms with Crippen LogP contribution >= 0.6 is 0 Å². The van der Waals surface area contributed by atoms with Gasteiger partial charge in [-0.05, 0) is 61.9 Å². The standard InChI is InChI=1S/C35H32N4O4/c1-21-31(22(2)39(3)38-21)29-16-8-15-27-28(17-9-19-43-30-18-7-11-23-10-4-5-14-26(23)30)33(37-32(27)29)34(40)36-25-13-6-12-24(20-25)35(41)42/h4-8,10-16,18,20,37H,9,17,19H2,1-3H3,(H,36,40)(H,41,42). The molecule has 6 rings (SSSR count). The lowest BCUT2D eigenvalue weighted by Gasteiger charge is -2.10. The number of carbonyl (C=O) groups excluding carboxylic acids is 1. The number of rotatable bonds is 9. The Morgan fingerprint density at radius 3 is 2.49 bits per heavy atom. The van der Waals surface area contributed by atoms with Gasteiger partial charge in [-0.1, -0.05) is 60.7 Å². The molecule has 0 spiro atoms. The highest BCUT2D eigenvalue weighted by Gasteiger charge is 2.22. The maximum atomic E-state index is 13.7. The molecule has 0 aliphatic rings. The van der Waals surface area contributed by atoms with E-state index in [4.69, 9.17) is 4.74 Å². The smallest absolute Gasteiger partial charge is 0.335 e. The molecule has 4 aromatic carbocycles. The molecule has 2 heterocycles. The average Bonchev–Trinajstić information content (AvgIpc) is 3.50. The van der Waals surface area contributed by atoms with Crippen LogP contribution < -0.4 is 10.1 Å². The predicted octanol–water partition coefficient (Wildman–Crippen LogP) is 7.30. The molecule has 0 aliphatic carbocycles. The van der Waals surface area contributed by atoms with Gasteiger partial charge >= 0.3 is 5.97 Å². The number of carbonyl (C=O) groups is 2. The summed E-state index contributed by atoms with van der Waals surface area (Å²) in [6.45, 7) is 4.49. The van der Waals surface area contributed by atoms with E-state index in [0.29, 0.717) is 30.8 Å². The van der Waals surface area contributed by atoms with Gasteiger partial charge in [0, 0.05) is 40.3 Å². The summed E-state index contributed by atoms with van der Waals surface area (Å²) in [5.41, 5.74) is 6.62. The van der Waals surface area contributed by atoms with Crippen molar-refractivity contribution in [1.82, 2.24) is 14.8 Å². The number of nitrogens with zero attached hydrogens (tertiary/aromatic N) is 2. The van der Waals surface area contributed by atoms with Crippen LogP contribution in [0.1, 0.15) is 44.2 Å². The van der Waals surface area contributed by atoms with E-state index in [0.717, 1.165) is 55.5 Å². The lowest BCUT2D eigenvalue weighted by molar-refractivity contribution is 0.0696. The molecule has 0 radical (unpaired) electrons. The molecule has 1 amide bonds. The van der Waals surface area contributed by atoms with Crippen molar-refractivity contribution in [1.29, 1.82) is 0 Å². The number of hydrogen-bond donors (Lipinski definition) is 3. The number of fused-ring (bicyclic) bond motifs is 2. The molecule has 2 aromatic heterocycles. The van der Waals surface area contributed by atoms with Gasteiger partial charge in [-0.15, -0.1) is 0 Å². The first kappa shape index (κ1) is 27.8. The molecule has 3 N–H and O–H groups in total. The topological polar surface area (TPSA) is 109 Å². The van der Waals surface area contributed by atoms with Crippen LogP contribution in [0.15, 0.2) is 84.9 Å². The van der Waals surface area contributed by atoms with E-state index < -0.39 is 5.97 Å². The SMILES string of the molecule is Cc1nn(C)c(C)c1-c1cccc2c(CCCOc3cccc4ccccc34)c(C(=O)Nc3cccc(C(=O)O)c3)[nH]c12. The second-order valence-electron chi connectivity index (χ2n) is 10.6. The van der Waals surface area contributed by atoms with E-state index in [1.165, 1.54) is 12.1 Å². The van der Waals surface area contributed by atoms with Crippen LogP contribution in [0, 0.1) is 13.8 Å². The van der Waals surface area contributed by atoms with Crippen molar-refractivity contribution in [3.05, 3.63) is 113 Å². The van der Waals surface area contributed by atoms with E-state index in [-0.39, 0.29) is 11.5 Å². The molecule has 0 saturated heterocycles. The quantitative estimate of drug-likeness (QED) is 0.158. The summed E-state index contributed by atoms with van der Waals surface area (Å²) in [6.07, 6.45) is 1.28. The molecule has 8 nitrogen and oxygen atoms in total. The van der Waals surface area contributed by atoms with Crippen LogP contribution in [0.2, 0.25) is 0 Å². The molecule has 0 atom stereocenters. The minimum atomic E-state index is -1.06. The van der Waals surface area contributed by atoms with Gasteiger partial charge in [-0.2, -0.15) is 5.10 Å². The Kier molecular flexibility index (Phi) is 7.42. The molecule has 43 heavy (non-hydrogen) atoms. The molecular formula is C35H32N4O4. The molecule has 0 bridgehead atoms. The van der Waals surface area contributed by atoms with Crippen LogP contribution in [0.3, 0.4) is 0 Å². The number of H-pyrrole nitrogens is 1. The number of amides is 1. The number of benzene rings is 4. The average molecular weight is 573 g/mol. The van der Waals surface area contributed by atoms with Crippen molar-refractivity contribution in [2.24, 2.45) is 7.05 Å². The largest absolute Gasteiger partial charge is 0.493 e. The third-order valence-electron chi connectivity index (χ3n) is 7.89. The molecule has 0 aliphatic heterocycles. The summed E-state index contributed by atoms with van der Waals surface area (Å²) in [4.78, 5) is 28.7. The number of carboxylic acids is 1. The number of nitrogens with one attached hydrogen (secondary N) is 2. The first-order chi connectivity index (χ1) is 20.8. The third kappa shape index (κ3) is 5.35. The monoisotopic (exact) mass is 572 g/mol. The summed E-state index contributed by atoms with van der Waals surface area (Å²) in [5, 5.41) is 20.0. The second kappa shape index (κ2) is 11.5. The van der Waals surface area contributed by atoms with Gasteiger partial charge < -0.3 is 20.1 Å². The van der Waals surface area contributed by atoms with Gasteiger partial charge in [0.2, 0.25) is 0 Å². The molecule has 216 valence electrons. The maximum Gasteiger partial charge on any atom is 0.335 e. The van der Waals surface area contributed by atoms with Gasteiger partial charge in [0.05, 0.1) is 23.4 Å². The lowest BCUT2D eigenvalue weighted by Crippen LogP contribution is -2.15. The molecule has 0 saturated carbocycles. The normalized spacial score (nSPS) is 11.2. The molecular weight excluding hydrogens is 540 g/mol. The van der Waals surface area contributed by atoms with E-state index in [9.17, 15) is 14.7 Å². The number of anilines is 1. The maximum absolute atomic E-state index is 13.7. The van der Waals surface area contributed by atoms with Crippen LogP contribution in [0.25, 0.3) is 32.8 Å². The Balaban J connectivity index is 1.34.